The minimum absolute atomic E-state index is 0.496. The van der Waals surface area contributed by atoms with E-state index in [4.69, 9.17) is 0 Å². The third-order valence-corrected chi connectivity index (χ3v) is 5.30. The summed E-state index contributed by atoms with van der Waals surface area (Å²) in [6.45, 7) is 14.7. The Morgan fingerprint density at radius 2 is 1.78 bits per heavy atom. The Morgan fingerprint density at radius 1 is 1.17 bits per heavy atom. The van der Waals surface area contributed by atoms with Crippen LogP contribution in [0, 0.1) is 16.7 Å². The average Bonchev–Trinajstić information content (AvgIpc) is 2.82. The molecule has 1 saturated heterocycles. The highest BCUT2D eigenvalue weighted by Gasteiger charge is 2.45. The molecule has 1 aliphatic carbocycles. The zero-order valence-electron chi connectivity index (χ0n) is 13.3. The first-order chi connectivity index (χ1) is 8.32. The smallest absolute Gasteiger partial charge is 0.00387 e. The van der Waals surface area contributed by atoms with Crippen molar-refractivity contribution in [1.29, 1.82) is 0 Å². The van der Waals surface area contributed by atoms with Crippen molar-refractivity contribution in [3.05, 3.63) is 0 Å². The van der Waals surface area contributed by atoms with Crippen LogP contribution in [0.25, 0.3) is 0 Å². The van der Waals surface area contributed by atoms with E-state index in [1.54, 1.807) is 0 Å². The van der Waals surface area contributed by atoms with Gasteiger partial charge in [0.1, 0.15) is 0 Å². The van der Waals surface area contributed by atoms with E-state index in [1.165, 1.54) is 51.6 Å². The van der Waals surface area contributed by atoms with Crippen molar-refractivity contribution in [1.82, 2.24) is 4.90 Å². The fraction of sp³-hybridized carbons (Fsp3) is 1.00. The van der Waals surface area contributed by atoms with Crippen LogP contribution in [0.4, 0.5) is 0 Å². The zero-order chi connectivity index (χ0) is 13.4. The maximum absolute atomic E-state index is 2.70. The minimum Gasteiger partial charge on any atom is -0.301 e. The molecule has 0 aromatic heterocycles. The summed E-state index contributed by atoms with van der Waals surface area (Å²) in [7, 11) is 0. The van der Waals surface area contributed by atoms with Gasteiger partial charge in [0.15, 0.2) is 0 Å². The first kappa shape index (κ1) is 14.4. The van der Waals surface area contributed by atoms with Gasteiger partial charge in [-0.1, -0.05) is 33.6 Å². The highest BCUT2D eigenvalue weighted by molar-refractivity contribution is 4.97. The summed E-state index contributed by atoms with van der Waals surface area (Å²) in [4.78, 5) is 2.70. The normalized spacial score (nSPS) is 29.3. The van der Waals surface area contributed by atoms with Crippen LogP contribution in [-0.2, 0) is 0 Å². The lowest BCUT2D eigenvalue weighted by atomic mass is 9.65. The second-order valence-corrected chi connectivity index (χ2v) is 8.38. The molecule has 0 bridgehead atoms. The van der Waals surface area contributed by atoms with E-state index in [2.05, 4.69) is 39.5 Å². The van der Waals surface area contributed by atoms with E-state index in [0.717, 1.165) is 12.0 Å². The largest absolute Gasteiger partial charge is 0.301 e. The maximum Gasteiger partial charge on any atom is 0.00387 e. The van der Waals surface area contributed by atoms with Crippen molar-refractivity contribution >= 4 is 0 Å². The molecule has 1 saturated carbocycles. The third kappa shape index (κ3) is 3.10. The van der Waals surface area contributed by atoms with Gasteiger partial charge in [0.25, 0.3) is 0 Å². The summed E-state index contributed by atoms with van der Waals surface area (Å²) in [6.07, 6.45) is 8.86. The van der Waals surface area contributed by atoms with Crippen molar-refractivity contribution in [3.8, 4) is 0 Å². The van der Waals surface area contributed by atoms with E-state index in [9.17, 15) is 0 Å². The maximum atomic E-state index is 2.70. The Balaban J connectivity index is 2.07. The van der Waals surface area contributed by atoms with Crippen molar-refractivity contribution in [3.63, 3.8) is 0 Å². The molecular weight excluding hydrogens is 218 g/mol. The predicted molar refractivity (Wildman–Crippen MR) is 79.8 cm³/mol. The van der Waals surface area contributed by atoms with Crippen LogP contribution in [0.2, 0.25) is 0 Å². The summed E-state index contributed by atoms with van der Waals surface area (Å²) in [5.74, 6) is 0.974. The highest BCUT2D eigenvalue weighted by Crippen LogP contribution is 2.53. The van der Waals surface area contributed by atoms with Crippen molar-refractivity contribution < 1.29 is 0 Å². The van der Waals surface area contributed by atoms with Gasteiger partial charge in [0.05, 0.1) is 0 Å². The molecule has 2 rings (SSSR count). The van der Waals surface area contributed by atoms with E-state index in [-0.39, 0.29) is 0 Å². The molecule has 0 spiro atoms. The Hall–Kier alpha value is -0.0400. The molecule has 0 radical (unpaired) electrons. The van der Waals surface area contributed by atoms with Crippen LogP contribution < -0.4 is 0 Å². The van der Waals surface area contributed by atoms with Gasteiger partial charge in [-0.05, 0) is 62.8 Å². The topological polar surface area (TPSA) is 3.24 Å². The molecule has 0 amide bonds. The zero-order valence-corrected chi connectivity index (χ0v) is 13.3. The average molecular weight is 251 g/mol. The first-order valence-electron chi connectivity index (χ1n) is 8.06. The summed E-state index contributed by atoms with van der Waals surface area (Å²) in [6, 6.07) is 0.739. The van der Waals surface area contributed by atoms with Gasteiger partial charge in [-0.2, -0.15) is 0 Å². The number of hydrogen-bond acceptors (Lipinski definition) is 1. The summed E-state index contributed by atoms with van der Waals surface area (Å²) < 4.78 is 0. The summed E-state index contributed by atoms with van der Waals surface area (Å²) in [5.41, 5.74) is 1.18. The molecular formula is C17H33N. The van der Waals surface area contributed by atoms with Gasteiger partial charge in [0.2, 0.25) is 0 Å². The lowest BCUT2D eigenvalue weighted by Crippen LogP contribution is -2.35. The number of likely N-dealkylation sites (tertiary alicyclic amines) is 1. The molecule has 1 atom stereocenters. The van der Waals surface area contributed by atoms with Gasteiger partial charge in [-0.3, -0.25) is 0 Å². The Bertz CT molecular complexity index is 268. The molecule has 2 fully saturated rings. The quantitative estimate of drug-likeness (QED) is 0.702. The molecule has 1 unspecified atom stereocenters. The fourth-order valence-corrected chi connectivity index (χ4v) is 4.62. The van der Waals surface area contributed by atoms with Crippen LogP contribution in [0.1, 0.15) is 73.1 Å². The van der Waals surface area contributed by atoms with Crippen molar-refractivity contribution in [2.24, 2.45) is 16.7 Å². The van der Waals surface area contributed by atoms with Crippen LogP contribution in [0.3, 0.4) is 0 Å². The molecule has 0 N–H and O–H groups in total. The number of nitrogens with zero attached hydrogens (tertiary/aromatic N) is 1. The molecule has 1 aliphatic heterocycles. The van der Waals surface area contributed by atoms with Gasteiger partial charge in [-0.25, -0.2) is 0 Å². The van der Waals surface area contributed by atoms with Gasteiger partial charge in [0, 0.05) is 12.6 Å². The minimum atomic E-state index is 0.496. The second-order valence-electron chi connectivity index (χ2n) is 8.38. The van der Waals surface area contributed by atoms with E-state index in [1.807, 2.05) is 0 Å². The van der Waals surface area contributed by atoms with Crippen LogP contribution >= 0.6 is 0 Å². The van der Waals surface area contributed by atoms with Crippen LogP contribution in [0.15, 0.2) is 0 Å². The van der Waals surface area contributed by atoms with E-state index >= 15 is 0 Å². The molecule has 2 aliphatic rings. The van der Waals surface area contributed by atoms with Crippen molar-refractivity contribution in [2.45, 2.75) is 79.2 Å². The Morgan fingerprint density at radius 3 is 2.22 bits per heavy atom. The lowest BCUT2D eigenvalue weighted by Gasteiger charge is -2.41. The monoisotopic (exact) mass is 251 g/mol. The fourth-order valence-electron chi connectivity index (χ4n) is 4.62. The van der Waals surface area contributed by atoms with Crippen LogP contribution in [0.5, 0.6) is 0 Å². The number of rotatable bonds is 3. The molecule has 1 heteroatoms. The number of hydrogen-bond donors (Lipinski definition) is 0. The standard InChI is InChI=1S/C17H33N/c1-14(2)18-11-8-15(12-18)17(9-6-7-10-17)13-16(3,4)5/h14-15H,6-13H2,1-5H3. The van der Waals surface area contributed by atoms with E-state index < -0.39 is 0 Å². The molecule has 106 valence electrons. The summed E-state index contributed by atoms with van der Waals surface area (Å²) >= 11 is 0. The molecule has 18 heavy (non-hydrogen) atoms. The van der Waals surface area contributed by atoms with Crippen LogP contribution in [-0.4, -0.2) is 24.0 Å². The SMILES string of the molecule is CC(C)N1CCC(C2(CC(C)(C)C)CCCC2)C1. The second kappa shape index (κ2) is 5.15. The Labute approximate surface area is 114 Å². The highest BCUT2D eigenvalue weighted by atomic mass is 15.2. The predicted octanol–water partition coefficient (Wildman–Crippen LogP) is 4.71. The lowest BCUT2D eigenvalue weighted by molar-refractivity contribution is 0.0944. The van der Waals surface area contributed by atoms with Gasteiger partial charge < -0.3 is 4.90 Å². The third-order valence-electron chi connectivity index (χ3n) is 5.30. The molecule has 1 heterocycles. The summed E-state index contributed by atoms with van der Waals surface area (Å²) in [5, 5.41) is 0. The van der Waals surface area contributed by atoms with Gasteiger partial charge in [-0.15, -0.1) is 0 Å². The molecule has 0 aromatic rings. The van der Waals surface area contributed by atoms with E-state index in [0.29, 0.717) is 10.8 Å². The Kier molecular flexibility index (Phi) is 4.11. The van der Waals surface area contributed by atoms with Gasteiger partial charge >= 0.3 is 0 Å². The first-order valence-corrected chi connectivity index (χ1v) is 8.06. The molecule has 0 aromatic carbocycles. The van der Waals surface area contributed by atoms with Crippen molar-refractivity contribution in [2.75, 3.05) is 13.1 Å². The molecule has 1 nitrogen and oxygen atoms in total.